The standard InChI is InChI=1S/C22H14N4O3S2/c23-11-13-18(24)20(31-21(13)26-14-6-2-1-5-12(14)22(28)29)19(27)17-9-8-16(30-17)15-7-3-4-10-25-15/h1-10,26H,24H2,(H,28,29). The number of aromatic nitrogens is 1. The first-order chi connectivity index (χ1) is 15.0. The van der Waals surface area contributed by atoms with Gasteiger partial charge in [-0.05, 0) is 36.4 Å². The van der Waals surface area contributed by atoms with Gasteiger partial charge in [0.25, 0.3) is 0 Å². The highest BCUT2D eigenvalue weighted by Crippen LogP contribution is 2.40. The molecule has 4 aromatic rings. The Balaban J connectivity index is 1.69. The summed E-state index contributed by atoms with van der Waals surface area (Å²) in [7, 11) is 0. The lowest BCUT2D eigenvalue weighted by Gasteiger charge is -2.07. The van der Waals surface area contributed by atoms with Crippen molar-refractivity contribution in [3.05, 3.63) is 81.7 Å². The summed E-state index contributed by atoms with van der Waals surface area (Å²) in [5.74, 6) is -1.41. The first-order valence-corrected chi connectivity index (χ1v) is 10.6. The van der Waals surface area contributed by atoms with E-state index >= 15 is 0 Å². The molecule has 3 heterocycles. The van der Waals surface area contributed by atoms with Gasteiger partial charge in [-0.3, -0.25) is 9.78 Å². The minimum atomic E-state index is -1.11. The van der Waals surface area contributed by atoms with Gasteiger partial charge >= 0.3 is 5.97 Å². The summed E-state index contributed by atoms with van der Waals surface area (Å²) in [4.78, 5) is 30.4. The third kappa shape index (κ3) is 3.90. The van der Waals surface area contributed by atoms with Gasteiger partial charge in [-0.2, -0.15) is 5.26 Å². The zero-order valence-corrected chi connectivity index (χ0v) is 17.5. The van der Waals surface area contributed by atoms with E-state index in [-0.39, 0.29) is 27.5 Å². The highest BCUT2D eigenvalue weighted by molar-refractivity contribution is 7.21. The van der Waals surface area contributed by atoms with E-state index < -0.39 is 5.97 Å². The Labute approximate surface area is 185 Å². The van der Waals surface area contributed by atoms with Crippen molar-refractivity contribution in [2.24, 2.45) is 0 Å². The number of carboxylic acid groups (broad SMARTS) is 1. The van der Waals surface area contributed by atoms with E-state index in [2.05, 4.69) is 10.3 Å². The fourth-order valence-electron chi connectivity index (χ4n) is 2.93. The number of carbonyl (C=O) groups excluding carboxylic acids is 1. The van der Waals surface area contributed by atoms with Crippen molar-refractivity contribution in [3.8, 4) is 16.6 Å². The Bertz CT molecular complexity index is 1340. The number of hydrogen-bond donors (Lipinski definition) is 3. The smallest absolute Gasteiger partial charge is 0.337 e. The van der Waals surface area contributed by atoms with Gasteiger partial charge in [-0.25, -0.2) is 4.79 Å². The van der Waals surface area contributed by atoms with E-state index in [0.29, 0.717) is 15.6 Å². The van der Waals surface area contributed by atoms with Crippen LogP contribution in [0.3, 0.4) is 0 Å². The summed E-state index contributed by atoms with van der Waals surface area (Å²) in [6, 6.07) is 17.4. The number of aromatic carboxylic acids is 1. The van der Waals surface area contributed by atoms with E-state index in [0.717, 1.165) is 21.9 Å². The number of pyridine rings is 1. The molecule has 0 saturated heterocycles. The molecule has 0 radical (unpaired) electrons. The monoisotopic (exact) mass is 446 g/mol. The minimum absolute atomic E-state index is 0.0458. The topological polar surface area (TPSA) is 129 Å². The second-order valence-electron chi connectivity index (χ2n) is 6.34. The maximum absolute atomic E-state index is 13.1. The van der Waals surface area contributed by atoms with E-state index in [1.54, 1.807) is 30.5 Å². The van der Waals surface area contributed by atoms with E-state index in [9.17, 15) is 20.0 Å². The number of nitrogen functional groups attached to an aromatic ring is 1. The second kappa shape index (κ2) is 8.39. The third-order valence-corrected chi connectivity index (χ3v) is 6.64. The van der Waals surface area contributed by atoms with Gasteiger partial charge in [-0.1, -0.05) is 18.2 Å². The van der Waals surface area contributed by atoms with Crippen LogP contribution in [-0.2, 0) is 0 Å². The summed E-state index contributed by atoms with van der Waals surface area (Å²) in [6.45, 7) is 0. The second-order valence-corrected chi connectivity index (χ2v) is 8.45. The van der Waals surface area contributed by atoms with Crippen molar-refractivity contribution >= 4 is 50.8 Å². The molecule has 0 aliphatic rings. The molecule has 0 saturated carbocycles. The Morgan fingerprint density at radius 2 is 1.84 bits per heavy atom. The zero-order valence-electron chi connectivity index (χ0n) is 15.8. The molecule has 3 aromatic heterocycles. The number of thiophene rings is 2. The Morgan fingerprint density at radius 1 is 1.06 bits per heavy atom. The van der Waals surface area contributed by atoms with E-state index in [4.69, 9.17) is 5.73 Å². The van der Waals surface area contributed by atoms with Crippen molar-refractivity contribution in [2.75, 3.05) is 11.1 Å². The van der Waals surface area contributed by atoms with Gasteiger partial charge in [0.05, 0.1) is 32.4 Å². The maximum Gasteiger partial charge on any atom is 0.337 e. The summed E-state index contributed by atoms with van der Waals surface area (Å²) < 4.78 is 0. The molecule has 0 aliphatic heterocycles. The third-order valence-electron chi connectivity index (χ3n) is 4.42. The molecule has 9 heteroatoms. The molecular weight excluding hydrogens is 432 g/mol. The number of nitriles is 1. The highest BCUT2D eigenvalue weighted by atomic mass is 32.1. The lowest BCUT2D eigenvalue weighted by molar-refractivity contribution is 0.0697. The molecular formula is C22H14N4O3S2. The average molecular weight is 447 g/mol. The molecule has 1 aromatic carbocycles. The molecule has 0 spiro atoms. The number of carboxylic acids is 1. The summed E-state index contributed by atoms with van der Waals surface area (Å²) in [6.07, 6.45) is 1.68. The average Bonchev–Trinajstić information content (AvgIpc) is 3.39. The number of benzene rings is 1. The molecule has 31 heavy (non-hydrogen) atoms. The van der Waals surface area contributed by atoms with E-state index in [1.807, 2.05) is 30.3 Å². The number of ketones is 1. The highest BCUT2D eigenvalue weighted by Gasteiger charge is 2.24. The van der Waals surface area contributed by atoms with Crippen LogP contribution in [0.5, 0.6) is 0 Å². The molecule has 0 fully saturated rings. The Hall–Kier alpha value is -4.00. The number of hydrogen-bond acceptors (Lipinski definition) is 8. The van der Waals surface area contributed by atoms with Crippen molar-refractivity contribution in [1.29, 1.82) is 5.26 Å². The van der Waals surface area contributed by atoms with Gasteiger partial charge in [0, 0.05) is 6.20 Å². The number of anilines is 3. The van der Waals surface area contributed by atoms with Crippen molar-refractivity contribution in [3.63, 3.8) is 0 Å². The first kappa shape index (κ1) is 20.3. The van der Waals surface area contributed by atoms with Crippen molar-refractivity contribution in [1.82, 2.24) is 4.98 Å². The number of para-hydroxylation sites is 1. The van der Waals surface area contributed by atoms with Crippen LogP contribution in [0.4, 0.5) is 16.4 Å². The van der Waals surface area contributed by atoms with Crippen molar-refractivity contribution in [2.45, 2.75) is 0 Å². The molecule has 4 N–H and O–H groups in total. The van der Waals surface area contributed by atoms with Crippen LogP contribution in [0.2, 0.25) is 0 Å². The zero-order chi connectivity index (χ0) is 22.0. The lowest BCUT2D eigenvalue weighted by atomic mass is 10.1. The normalized spacial score (nSPS) is 10.4. The molecule has 0 aliphatic carbocycles. The van der Waals surface area contributed by atoms with Gasteiger partial charge < -0.3 is 16.2 Å². The number of rotatable bonds is 6. The van der Waals surface area contributed by atoms with Crippen LogP contribution in [0.15, 0.2) is 60.8 Å². The fourth-order valence-corrected chi connectivity index (χ4v) is 4.96. The lowest BCUT2D eigenvalue weighted by Crippen LogP contribution is -2.02. The number of carbonyl (C=O) groups is 2. The molecule has 0 unspecified atom stereocenters. The minimum Gasteiger partial charge on any atom is -0.478 e. The number of nitrogens with one attached hydrogen (secondary N) is 1. The van der Waals surface area contributed by atoms with Crippen LogP contribution in [-0.4, -0.2) is 21.8 Å². The predicted octanol–water partition coefficient (Wildman–Crippen LogP) is 5.00. The number of nitrogens with two attached hydrogens (primary N) is 1. The molecule has 0 atom stereocenters. The summed E-state index contributed by atoms with van der Waals surface area (Å²) in [5, 5.41) is 22.2. The van der Waals surface area contributed by atoms with Crippen LogP contribution in [0.25, 0.3) is 10.6 Å². The molecule has 152 valence electrons. The maximum atomic E-state index is 13.1. The predicted molar refractivity (Wildman–Crippen MR) is 121 cm³/mol. The SMILES string of the molecule is N#Cc1c(Nc2ccccc2C(=O)O)sc(C(=O)c2ccc(-c3ccccn3)s2)c1N. The largest absolute Gasteiger partial charge is 0.478 e. The molecule has 4 rings (SSSR count). The van der Waals surface area contributed by atoms with Gasteiger partial charge in [0.1, 0.15) is 21.5 Å². The van der Waals surface area contributed by atoms with Gasteiger partial charge in [-0.15, -0.1) is 22.7 Å². The van der Waals surface area contributed by atoms with Crippen LogP contribution in [0, 0.1) is 11.3 Å². The first-order valence-electron chi connectivity index (χ1n) is 8.97. The van der Waals surface area contributed by atoms with Crippen molar-refractivity contribution < 1.29 is 14.7 Å². The molecule has 7 nitrogen and oxygen atoms in total. The van der Waals surface area contributed by atoms with Gasteiger partial charge in [0.2, 0.25) is 5.78 Å². The van der Waals surface area contributed by atoms with E-state index in [1.165, 1.54) is 17.4 Å². The Morgan fingerprint density at radius 3 is 2.55 bits per heavy atom. The van der Waals surface area contributed by atoms with Crippen LogP contribution < -0.4 is 11.1 Å². The summed E-state index contributed by atoms with van der Waals surface area (Å²) in [5.41, 5.74) is 7.41. The Kier molecular flexibility index (Phi) is 5.49. The number of nitrogens with zero attached hydrogens (tertiary/aromatic N) is 2. The van der Waals surface area contributed by atoms with Crippen LogP contribution in [0.1, 0.15) is 30.5 Å². The van der Waals surface area contributed by atoms with Gasteiger partial charge in [0.15, 0.2) is 0 Å². The molecule has 0 bridgehead atoms. The quantitative estimate of drug-likeness (QED) is 0.355. The molecule has 0 amide bonds. The fraction of sp³-hybridized carbons (Fsp3) is 0. The van der Waals surface area contributed by atoms with Crippen LogP contribution >= 0.6 is 22.7 Å². The summed E-state index contributed by atoms with van der Waals surface area (Å²) >= 11 is 2.31.